The minimum atomic E-state index is -3.62. The Labute approximate surface area is 353 Å². The van der Waals surface area contributed by atoms with E-state index in [1.165, 1.54) is 28.1 Å². The van der Waals surface area contributed by atoms with Gasteiger partial charge in [0, 0.05) is 17.4 Å². The quantitative estimate of drug-likeness (QED) is 0.0542. The Bertz CT molecular complexity index is 2500. The molecule has 10 unspecified atom stereocenters. The molecule has 5 aromatic rings. The van der Waals surface area contributed by atoms with Gasteiger partial charge in [0.2, 0.25) is 11.9 Å². The van der Waals surface area contributed by atoms with E-state index >= 15 is 0 Å². The van der Waals surface area contributed by atoms with Crippen LogP contribution in [0.25, 0.3) is 22.3 Å². The molecule has 0 bridgehead atoms. The van der Waals surface area contributed by atoms with Crippen molar-refractivity contribution in [1.82, 2.24) is 39.0 Å². The number of aromatic nitrogens is 8. The molecule has 330 valence electrons. The van der Waals surface area contributed by atoms with Gasteiger partial charge in [-0.05, 0) is 12.1 Å². The summed E-state index contributed by atoms with van der Waals surface area (Å²) < 4.78 is 51.6. The number of nitriles is 1. The SMILES string of the molecule is CC(C)C(=O)Nc1nc2c(ncn2C2OC(CO)C(C)C2OP(OCCC#N)OCC2OC(n3cnc4c(NC(=O)c5ccccc5)ncnc43)C(CO)C2O[PH](=O)O)c(=O)[nH]1. The number of anilines is 2. The number of aliphatic hydroxyl groups is 2. The van der Waals surface area contributed by atoms with Crippen LogP contribution in [0.5, 0.6) is 0 Å². The molecule has 24 nitrogen and oxygen atoms in total. The number of nitrogens with one attached hydrogen (secondary N) is 3. The van der Waals surface area contributed by atoms with Crippen molar-refractivity contribution in [2.75, 3.05) is 37.1 Å². The number of hydrogen-bond donors (Lipinski definition) is 6. The Balaban J connectivity index is 1.14. The summed E-state index contributed by atoms with van der Waals surface area (Å²) in [5.41, 5.74) is 0.112. The fraction of sp³-hybridized carbons (Fsp3) is 0.472. The third kappa shape index (κ3) is 9.58. The predicted octanol–water partition coefficient (Wildman–Crippen LogP) is 2.16. The van der Waals surface area contributed by atoms with Crippen molar-refractivity contribution < 1.29 is 56.8 Å². The highest BCUT2D eigenvalue weighted by molar-refractivity contribution is 7.41. The maximum Gasteiger partial charge on any atom is 0.333 e. The number of hydrogen-bond acceptors (Lipinski definition) is 18. The summed E-state index contributed by atoms with van der Waals surface area (Å²) in [5, 5.41) is 35.5. The number of rotatable bonds is 18. The number of carbonyl (C=O) groups is 2. The first-order chi connectivity index (χ1) is 29.9. The van der Waals surface area contributed by atoms with Crippen LogP contribution in [-0.4, -0.2) is 117 Å². The summed E-state index contributed by atoms with van der Waals surface area (Å²) in [4.78, 5) is 72.4. The molecule has 62 heavy (non-hydrogen) atoms. The van der Waals surface area contributed by atoms with Gasteiger partial charge in [-0.3, -0.25) is 38.4 Å². The van der Waals surface area contributed by atoms with Crippen LogP contribution < -0.4 is 16.2 Å². The third-order valence-electron chi connectivity index (χ3n) is 10.1. The van der Waals surface area contributed by atoms with Crippen molar-refractivity contribution in [3.8, 4) is 6.07 Å². The Hall–Kier alpha value is -5.15. The van der Waals surface area contributed by atoms with Crippen molar-refractivity contribution in [1.29, 1.82) is 5.26 Å². The van der Waals surface area contributed by atoms with Gasteiger partial charge in [-0.1, -0.05) is 39.0 Å². The average Bonchev–Trinajstić information content (AvgIpc) is 4.03. The summed E-state index contributed by atoms with van der Waals surface area (Å²) in [6, 6.07) is 10.4. The number of ether oxygens (including phenoxy) is 2. The minimum Gasteiger partial charge on any atom is -0.396 e. The second-order valence-electron chi connectivity index (χ2n) is 14.4. The Morgan fingerprint density at radius 1 is 0.984 bits per heavy atom. The van der Waals surface area contributed by atoms with Gasteiger partial charge in [0.25, 0.3) is 11.5 Å². The normalized spacial score (nSPS) is 24.7. The van der Waals surface area contributed by atoms with E-state index in [0.29, 0.717) is 5.56 Å². The van der Waals surface area contributed by atoms with E-state index < -0.39 is 109 Å². The fourth-order valence-corrected chi connectivity index (χ4v) is 8.70. The minimum absolute atomic E-state index is 0.0375. The van der Waals surface area contributed by atoms with Crippen LogP contribution in [-0.2, 0) is 36.9 Å². The van der Waals surface area contributed by atoms with Crippen molar-refractivity contribution in [3.63, 3.8) is 0 Å². The summed E-state index contributed by atoms with van der Waals surface area (Å²) in [5.74, 6) is -2.80. The zero-order chi connectivity index (χ0) is 44.1. The standard InChI is InChI=1S/C36H43N11O13P2/c1-18(2)31(50)44-36-43-30-25(33(52)45-36)41-17-47(30)35-26(19(3)22(13-49)57-35)60-62(55-11-7-10-37)56-14-23-27(59-61(53)54)21(12-48)34(58-23)46-16-40-24-28(38-15-39-29(24)46)42-32(51)20-8-5-4-6-9-20/h4-6,8-9,15-19,21-23,26-27,34-35,48-49,61H,7,11-14H2,1-3H3,(H,53,54)(H,38,39,42,51)(H2,43,44,45,50,52). The molecular weight excluding hydrogens is 856 g/mol. The molecule has 0 spiro atoms. The molecule has 0 aliphatic carbocycles. The van der Waals surface area contributed by atoms with Gasteiger partial charge in [0.15, 0.2) is 34.4 Å². The zero-order valence-electron chi connectivity index (χ0n) is 33.3. The van der Waals surface area contributed by atoms with E-state index in [4.69, 9.17) is 27.6 Å². The molecule has 6 N–H and O–H groups in total. The number of benzene rings is 1. The lowest BCUT2D eigenvalue weighted by molar-refractivity contribution is -0.118. The number of amides is 2. The lowest BCUT2D eigenvalue weighted by Gasteiger charge is -2.27. The van der Waals surface area contributed by atoms with Gasteiger partial charge in [0.05, 0.1) is 63.6 Å². The van der Waals surface area contributed by atoms with Gasteiger partial charge in [0.1, 0.15) is 30.9 Å². The molecular formula is C36H43N11O13P2. The topological polar surface area (TPSA) is 322 Å². The first kappa shape index (κ1) is 44.9. The zero-order valence-corrected chi connectivity index (χ0v) is 35.2. The monoisotopic (exact) mass is 899 g/mol. The van der Waals surface area contributed by atoms with Gasteiger partial charge < -0.3 is 48.0 Å². The molecule has 0 saturated carbocycles. The molecule has 2 aliphatic rings. The maximum atomic E-state index is 13.0. The van der Waals surface area contributed by atoms with Crippen molar-refractivity contribution in [3.05, 3.63) is 65.2 Å². The van der Waals surface area contributed by atoms with E-state index in [1.54, 1.807) is 51.1 Å². The smallest absolute Gasteiger partial charge is 0.333 e. The Morgan fingerprint density at radius 2 is 1.71 bits per heavy atom. The molecule has 4 aromatic heterocycles. The van der Waals surface area contributed by atoms with Gasteiger partial charge in [-0.25, -0.2) is 19.9 Å². The van der Waals surface area contributed by atoms with Gasteiger partial charge >= 0.3 is 16.9 Å². The Kier molecular flexibility index (Phi) is 14.4. The second-order valence-corrected chi connectivity index (χ2v) is 16.4. The summed E-state index contributed by atoms with van der Waals surface area (Å²) >= 11 is 0. The molecule has 10 atom stereocenters. The predicted molar refractivity (Wildman–Crippen MR) is 216 cm³/mol. The molecule has 7 rings (SSSR count). The first-order valence-electron chi connectivity index (χ1n) is 19.3. The highest BCUT2D eigenvalue weighted by Crippen LogP contribution is 2.50. The van der Waals surface area contributed by atoms with Crippen LogP contribution in [0.1, 0.15) is 50.0 Å². The van der Waals surface area contributed by atoms with Crippen LogP contribution in [0.15, 0.2) is 54.1 Å². The van der Waals surface area contributed by atoms with Crippen molar-refractivity contribution in [2.45, 2.75) is 64.1 Å². The number of aliphatic hydroxyl groups excluding tert-OH is 2. The van der Waals surface area contributed by atoms with Crippen LogP contribution in [0.4, 0.5) is 11.8 Å². The fourth-order valence-electron chi connectivity index (χ4n) is 6.94. The molecule has 6 heterocycles. The third-order valence-corrected chi connectivity index (χ3v) is 11.8. The van der Waals surface area contributed by atoms with Crippen molar-refractivity contribution >= 4 is 62.8 Å². The highest BCUT2D eigenvalue weighted by Gasteiger charge is 2.49. The molecule has 2 fully saturated rings. The number of fused-ring (bicyclic) bond motifs is 2. The maximum absolute atomic E-state index is 13.0. The summed E-state index contributed by atoms with van der Waals surface area (Å²) in [6.07, 6.45) is -2.49. The largest absolute Gasteiger partial charge is 0.396 e. The van der Waals surface area contributed by atoms with Crippen LogP contribution in [0, 0.1) is 29.1 Å². The summed E-state index contributed by atoms with van der Waals surface area (Å²) in [7, 11) is -6.03. The van der Waals surface area contributed by atoms with Crippen LogP contribution in [0.3, 0.4) is 0 Å². The molecule has 1 aromatic carbocycles. The summed E-state index contributed by atoms with van der Waals surface area (Å²) in [6.45, 7) is 3.55. The molecule has 26 heteroatoms. The lowest BCUT2D eigenvalue weighted by atomic mass is 10.0. The van der Waals surface area contributed by atoms with Gasteiger partial charge in [-0.2, -0.15) is 10.2 Å². The molecule has 2 amide bonds. The van der Waals surface area contributed by atoms with E-state index in [-0.39, 0.29) is 47.1 Å². The average molecular weight is 900 g/mol. The number of nitrogens with zero attached hydrogens (tertiary/aromatic N) is 8. The van der Waals surface area contributed by atoms with E-state index in [9.17, 15) is 39.3 Å². The van der Waals surface area contributed by atoms with Gasteiger partial charge in [-0.15, -0.1) is 0 Å². The second kappa shape index (κ2) is 19.9. The molecule has 2 saturated heterocycles. The van der Waals surface area contributed by atoms with E-state index in [0.717, 1.165) is 0 Å². The van der Waals surface area contributed by atoms with Crippen LogP contribution >= 0.6 is 16.9 Å². The van der Waals surface area contributed by atoms with Crippen LogP contribution in [0.2, 0.25) is 0 Å². The van der Waals surface area contributed by atoms with Crippen molar-refractivity contribution in [2.24, 2.45) is 17.8 Å². The highest BCUT2D eigenvalue weighted by atomic mass is 31.2. The Morgan fingerprint density at radius 3 is 2.40 bits per heavy atom. The number of imidazole rings is 2. The lowest BCUT2D eigenvalue weighted by Crippen LogP contribution is -2.33. The van der Waals surface area contributed by atoms with E-state index in [1.807, 2.05) is 6.07 Å². The number of H-pyrrole nitrogens is 1. The molecule has 2 aliphatic heterocycles. The first-order valence-corrected chi connectivity index (χ1v) is 21.6. The molecule has 0 radical (unpaired) electrons. The number of aromatic amines is 1. The number of carbonyl (C=O) groups excluding carboxylic acids is 2. The van der Waals surface area contributed by atoms with E-state index in [2.05, 4.69) is 40.5 Å².